The van der Waals surface area contributed by atoms with E-state index in [9.17, 15) is 4.79 Å². The number of fused-ring (bicyclic) bond motifs is 1. The van der Waals surface area contributed by atoms with E-state index in [1.54, 1.807) is 0 Å². The lowest BCUT2D eigenvalue weighted by Crippen LogP contribution is -2.34. The number of aryl methyl sites for hydroxylation is 1. The molecule has 0 saturated heterocycles. The molecule has 2 N–H and O–H groups in total. The summed E-state index contributed by atoms with van der Waals surface area (Å²) in [6, 6.07) is 8.30. The van der Waals surface area contributed by atoms with E-state index in [0.717, 1.165) is 42.6 Å². The molecule has 2 aromatic rings. The van der Waals surface area contributed by atoms with E-state index >= 15 is 0 Å². The molecule has 0 spiro atoms. The van der Waals surface area contributed by atoms with E-state index in [4.69, 9.17) is 5.11 Å². The standard InChI is InChI=1S/C19H25N3O2/c1-3-14-7-9-15(10-8-14)22-17-6-4-5-16(17)18(21-22)19(24)20-13(2)11-12-23/h7-10,13,23H,3-6,11-12H2,1-2H3,(H,20,24). The Bertz CT molecular complexity index is 719. The Morgan fingerprint density at radius 3 is 2.75 bits per heavy atom. The summed E-state index contributed by atoms with van der Waals surface area (Å²) in [5.41, 5.74) is 5.06. The predicted octanol–water partition coefficient (Wildman–Crippen LogP) is 2.42. The molecular weight excluding hydrogens is 302 g/mol. The Labute approximate surface area is 142 Å². The molecule has 1 aromatic heterocycles. The van der Waals surface area contributed by atoms with Gasteiger partial charge in [-0.3, -0.25) is 4.79 Å². The van der Waals surface area contributed by atoms with Crippen molar-refractivity contribution in [2.75, 3.05) is 6.61 Å². The predicted molar refractivity (Wildman–Crippen MR) is 93.6 cm³/mol. The fraction of sp³-hybridized carbons (Fsp3) is 0.474. The second-order valence-electron chi connectivity index (χ2n) is 6.45. The largest absolute Gasteiger partial charge is 0.396 e. The highest BCUT2D eigenvalue weighted by molar-refractivity contribution is 5.94. The molecule has 1 aliphatic carbocycles. The van der Waals surface area contributed by atoms with E-state index in [2.05, 4.69) is 41.6 Å². The third-order valence-corrected chi connectivity index (χ3v) is 4.67. The second kappa shape index (κ2) is 7.18. The SMILES string of the molecule is CCc1ccc(-n2nc(C(=O)NC(C)CCO)c3c2CCC3)cc1. The summed E-state index contributed by atoms with van der Waals surface area (Å²) in [6.07, 6.45) is 4.48. The number of aromatic nitrogens is 2. The summed E-state index contributed by atoms with van der Waals surface area (Å²) in [7, 11) is 0. The Kier molecular flexibility index (Phi) is 5.00. The summed E-state index contributed by atoms with van der Waals surface area (Å²) in [4.78, 5) is 12.6. The molecule has 1 aliphatic rings. The number of aliphatic hydroxyl groups is 1. The third kappa shape index (κ3) is 3.22. The number of carbonyl (C=O) groups excluding carboxylic acids is 1. The van der Waals surface area contributed by atoms with Crippen LogP contribution in [0.2, 0.25) is 0 Å². The number of hydrogen-bond donors (Lipinski definition) is 2. The lowest BCUT2D eigenvalue weighted by Gasteiger charge is -2.11. The topological polar surface area (TPSA) is 67.2 Å². The summed E-state index contributed by atoms with van der Waals surface area (Å²) < 4.78 is 1.92. The Morgan fingerprint density at radius 1 is 1.33 bits per heavy atom. The molecule has 3 rings (SSSR count). The number of benzene rings is 1. The second-order valence-corrected chi connectivity index (χ2v) is 6.45. The molecule has 0 fully saturated rings. The summed E-state index contributed by atoms with van der Waals surface area (Å²) in [6.45, 7) is 4.10. The Morgan fingerprint density at radius 2 is 2.08 bits per heavy atom. The maximum atomic E-state index is 12.6. The summed E-state index contributed by atoms with van der Waals surface area (Å²) in [5.74, 6) is -0.141. The van der Waals surface area contributed by atoms with Gasteiger partial charge >= 0.3 is 0 Å². The van der Waals surface area contributed by atoms with Gasteiger partial charge in [-0.15, -0.1) is 0 Å². The van der Waals surface area contributed by atoms with Crippen LogP contribution in [0.5, 0.6) is 0 Å². The minimum Gasteiger partial charge on any atom is -0.396 e. The lowest BCUT2D eigenvalue weighted by molar-refractivity contribution is 0.0928. The Hall–Kier alpha value is -2.14. The molecular formula is C19H25N3O2. The van der Waals surface area contributed by atoms with Crippen LogP contribution in [0.15, 0.2) is 24.3 Å². The summed E-state index contributed by atoms with van der Waals surface area (Å²) in [5, 5.41) is 16.5. The first-order valence-electron chi connectivity index (χ1n) is 8.75. The molecule has 5 heteroatoms. The van der Waals surface area contributed by atoms with E-state index < -0.39 is 0 Å². The van der Waals surface area contributed by atoms with E-state index in [0.29, 0.717) is 12.1 Å². The van der Waals surface area contributed by atoms with Gasteiger partial charge in [0, 0.05) is 23.9 Å². The van der Waals surface area contributed by atoms with Gasteiger partial charge < -0.3 is 10.4 Å². The third-order valence-electron chi connectivity index (χ3n) is 4.67. The van der Waals surface area contributed by atoms with Gasteiger partial charge in [-0.25, -0.2) is 4.68 Å². The van der Waals surface area contributed by atoms with Crippen LogP contribution in [0.3, 0.4) is 0 Å². The van der Waals surface area contributed by atoms with Gasteiger partial charge in [0.05, 0.1) is 5.69 Å². The van der Waals surface area contributed by atoms with Gasteiger partial charge in [-0.2, -0.15) is 5.10 Å². The highest BCUT2D eigenvalue weighted by Crippen LogP contribution is 2.28. The first kappa shape index (κ1) is 16.7. The van der Waals surface area contributed by atoms with Crippen molar-refractivity contribution in [2.45, 2.75) is 52.0 Å². The molecule has 128 valence electrons. The van der Waals surface area contributed by atoms with Gasteiger partial charge in [0.25, 0.3) is 5.91 Å². The molecule has 0 radical (unpaired) electrons. The van der Waals surface area contributed by atoms with Gasteiger partial charge in [0.2, 0.25) is 0 Å². The van der Waals surface area contributed by atoms with Crippen molar-refractivity contribution in [3.63, 3.8) is 0 Å². The van der Waals surface area contributed by atoms with Crippen molar-refractivity contribution in [2.24, 2.45) is 0 Å². The van der Waals surface area contributed by atoms with Crippen LogP contribution in [0.1, 0.15) is 54.0 Å². The summed E-state index contributed by atoms with van der Waals surface area (Å²) >= 11 is 0. The molecule has 0 saturated carbocycles. The van der Waals surface area contributed by atoms with Crippen LogP contribution >= 0.6 is 0 Å². The number of nitrogens with one attached hydrogen (secondary N) is 1. The van der Waals surface area contributed by atoms with Crippen molar-refractivity contribution < 1.29 is 9.90 Å². The van der Waals surface area contributed by atoms with E-state index in [1.807, 2.05) is 11.6 Å². The van der Waals surface area contributed by atoms with Gasteiger partial charge in [0.1, 0.15) is 0 Å². The normalized spacial score (nSPS) is 14.5. The van der Waals surface area contributed by atoms with Crippen LogP contribution in [-0.2, 0) is 19.3 Å². The van der Waals surface area contributed by atoms with E-state index in [1.165, 1.54) is 5.56 Å². The maximum absolute atomic E-state index is 12.6. The maximum Gasteiger partial charge on any atom is 0.272 e. The Balaban J connectivity index is 1.91. The molecule has 5 nitrogen and oxygen atoms in total. The molecule has 1 atom stereocenters. The van der Waals surface area contributed by atoms with Gasteiger partial charge in [-0.1, -0.05) is 19.1 Å². The zero-order valence-electron chi connectivity index (χ0n) is 14.4. The fourth-order valence-electron chi connectivity index (χ4n) is 3.26. The number of nitrogens with zero attached hydrogens (tertiary/aromatic N) is 2. The van der Waals surface area contributed by atoms with Gasteiger partial charge in [-0.05, 0) is 56.7 Å². The molecule has 0 bridgehead atoms. The molecule has 24 heavy (non-hydrogen) atoms. The van der Waals surface area contributed by atoms with Crippen molar-refractivity contribution >= 4 is 5.91 Å². The van der Waals surface area contributed by atoms with Gasteiger partial charge in [0.15, 0.2) is 5.69 Å². The highest BCUT2D eigenvalue weighted by Gasteiger charge is 2.27. The molecule has 1 heterocycles. The lowest BCUT2D eigenvalue weighted by atomic mass is 10.1. The first-order valence-corrected chi connectivity index (χ1v) is 8.75. The average molecular weight is 327 g/mol. The monoisotopic (exact) mass is 327 g/mol. The zero-order valence-corrected chi connectivity index (χ0v) is 14.4. The number of aliphatic hydroxyl groups excluding tert-OH is 1. The number of hydrogen-bond acceptors (Lipinski definition) is 3. The first-order chi connectivity index (χ1) is 11.6. The van der Waals surface area contributed by atoms with Crippen LogP contribution < -0.4 is 5.32 Å². The van der Waals surface area contributed by atoms with Crippen molar-refractivity contribution in [1.82, 2.24) is 15.1 Å². The van der Waals surface area contributed by atoms with Crippen LogP contribution in [0, 0.1) is 0 Å². The van der Waals surface area contributed by atoms with Crippen molar-refractivity contribution in [1.29, 1.82) is 0 Å². The van der Waals surface area contributed by atoms with Crippen LogP contribution in [0.4, 0.5) is 0 Å². The minimum atomic E-state index is -0.141. The number of amides is 1. The van der Waals surface area contributed by atoms with Crippen molar-refractivity contribution in [3.05, 3.63) is 46.8 Å². The zero-order chi connectivity index (χ0) is 17.1. The molecule has 1 aromatic carbocycles. The number of rotatable bonds is 6. The smallest absolute Gasteiger partial charge is 0.272 e. The quantitative estimate of drug-likeness (QED) is 0.856. The van der Waals surface area contributed by atoms with Crippen LogP contribution in [0.25, 0.3) is 5.69 Å². The molecule has 1 amide bonds. The molecule has 1 unspecified atom stereocenters. The number of carbonyl (C=O) groups is 1. The minimum absolute atomic E-state index is 0.0615. The highest BCUT2D eigenvalue weighted by atomic mass is 16.3. The van der Waals surface area contributed by atoms with Crippen molar-refractivity contribution in [3.8, 4) is 5.69 Å². The average Bonchev–Trinajstić information content (AvgIpc) is 3.17. The fourth-order valence-corrected chi connectivity index (χ4v) is 3.26. The van der Waals surface area contributed by atoms with Crippen LogP contribution in [-0.4, -0.2) is 33.4 Å². The molecule has 0 aliphatic heterocycles. The van der Waals surface area contributed by atoms with E-state index in [-0.39, 0.29) is 18.6 Å².